The number of likely N-dealkylation sites (tertiary alicyclic amines) is 1. The molecule has 2 aliphatic heterocycles. The van der Waals surface area contributed by atoms with Crippen molar-refractivity contribution in [3.05, 3.63) is 35.6 Å². The van der Waals surface area contributed by atoms with Crippen LogP contribution in [0.25, 0.3) is 0 Å². The molecule has 138 valence electrons. The van der Waals surface area contributed by atoms with Crippen LogP contribution in [0.15, 0.2) is 24.3 Å². The number of amides is 1. The normalized spacial score (nSPS) is 24.6. The molecule has 2 aliphatic rings. The maximum Gasteiger partial charge on any atom is 0.234 e. The van der Waals surface area contributed by atoms with Crippen molar-refractivity contribution in [1.82, 2.24) is 15.1 Å². The molecule has 2 atom stereocenters. The predicted octanol–water partition coefficient (Wildman–Crippen LogP) is 1.63. The predicted molar refractivity (Wildman–Crippen MR) is 94.7 cm³/mol. The van der Waals surface area contributed by atoms with Gasteiger partial charge in [0.15, 0.2) is 0 Å². The van der Waals surface area contributed by atoms with Crippen molar-refractivity contribution in [2.75, 3.05) is 39.9 Å². The number of carbonyl (C=O) groups is 1. The van der Waals surface area contributed by atoms with Crippen LogP contribution in [-0.4, -0.2) is 67.7 Å². The fourth-order valence-electron chi connectivity index (χ4n) is 3.76. The lowest BCUT2D eigenvalue weighted by Crippen LogP contribution is -2.53. The van der Waals surface area contributed by atoms with Gasteiger partial charge in [0.25, 0.3) is 0 Å². The number of nitrogens with zero attached hydrogens (tertiary/aromatic N) is 2. The van der Waals surface area contributed by atoms with E-state index in [2.05, 4.69) is 10.2 Å². The summed E-state index contributed by atoms with van der Waals surface area (Å²) in [5, 5.41) is 3.12. The number of halogens is 1. The van der Waals surface area contributed by atoms with Gasteiger partial charge >= 0.3 is 0 Å². The average molecular weight is 349 g/mol. The fraction of sp³-hybridized carbons (Fsp3) is 0.632. The molecule has 1 amide bonds. The van der Waals surface area contributed by atoms with Gasteiger partial charge in [-0.15, -0.1) is 0 Å². The van der Waals surface area contributed by atoms with Crippen LogP contribution in [0.4, 0.5) is 4.39 Å². The molecular formula is C19H28FN3O2. The Morgan fingerprint density at radius 1 is 1.28 bits per heavy atom. The van der Waals surface area contributed by atoms with E-state index in [1.165, 1.54) is 25.3 Å². The molecule has 0 bridgehead atoms. The number of nitrogens with one attached hydrogen (secondary N) is 1. The molecular weight excluding hydrogens is 321 g/mol. The molecule has 2 fully saturated rings. The van der Waals surface area contributed by atoms with Crippen LogP contribution in [0.2, 0.25) is 0 Å². The average Bonchev–Trinajstić information content (AvgIpc) is 3.05. The molecule has 0 aliphatic carbocycles. The lowest BCUT2D eigenvalue weighted by molar-refractivity contribution is -0.123. The number of rotatable bonds is 6. The van der Waals surface area contributed by atoms with Gasteiger partial charge in [-0.05, 0) is 39.0 Å². The van der Waals surface area contributed by atoms with Gasteiger partial charge in [0, 0.05) is 12.1 Å². The SMILES string of the molecule is CN(CC(=O)N[C@H]1COC[C@@H]1N1CCCCC1)Cc1ccccc1F. The summed E-state index contributed by atoms with van der Waals surface area (Å²) < 4.78 is 19.3. The van der Waals surface area contributed by atoms with Gasteiger partial charge in [0.2, 0.25) is 5.91 Å². The van der Waals surface area contributed by atoms with Gasteiger partial charge in [0.1, 0.15) is 5.82 Å². The highest BCUT2D eigenvalue weighted by Gasteiger charge is 2.34. The molecule has 1 aromatic rings. The molecule has 5 nitrogen and oxygen atoms in total. The Labute approximate surface area is 149 Å². The van der Waals surface area contributed by atoms with E-state index in [1.54, 1.807) is 12.1 Å². The van der Waals surface area contributed by atoms with Crippen LogP contribution in [0.3, 0.4) is 0 Å². The smallest absolute Gasteiger partial charge is 0.234 e. The van der Waals surface area contributed by atoms with E-state index in [4.69, 9.17) is 4.74 Å². The molecule has 0 spiro atoms. The number of hydrogen-bond donors (Lipinski definition) is 1. The highest BCUT2D eigenvalue weighted by molar-refractivity contribution is 5.78. The van der Waals surface area contributed by atoms with Crippen molar-refractivity contribution in [3.8, 4) is 0 Å². The monoisotopic (exact) mass is 349 g/mol. The molecule has 3 rings (SSSR count). The first kappa shape index (κ1) is 18.3. The first-order chi connectivity index (χ1) is 12.1. The van der Waals surface area contributed by atoms with Crippen LogP contribution in [-0.2, 0) is 16.1 Å². The highest BCUT2D eigenvalue weighted by atomic mass is 19.1. The van der Waals surface area contributed by atoms with E-state index >= 15 is 0 Å². The molecule has 1 aromatic carbocycles. The Kier molecular flexibility index (Phi) is 6.39. The number of hydrogen-bond acceptors (Lipinski definition) is 4. The van der Waals surface area contributed by atoms with Crippen molar-refractivity contribution in [3.63, 3.8) is 0 Å². The Bertz CT molecular complexity index is 578. The zero-order valence-corrected chi connectivity index (χ0v) is 14.9. The summed E-state index contributed by atoms with van der Waals surface area (Å²) in [5.41, 5.74) is 0.605. The summed E-state index contributed by atoms with van der Waals surface area (Å²) >= 11 is 0. The third-order valence-electron chi connectivity index (χ3n) is 5.07. The van der Waals surface area contributed by atoms with E-state index in [0.717, 1.165) is 13.1 Å². The Hall–Kier alpha value is -1.50. The Morgan fingerprint density at radius 2 is 2.04 bits per heavy atom. The zero-order valence-electron chi connectivity index (χ0n) is 14.9. The lowest BCUT2D eigenvalue weighted by Gasteiger charge is -2.34. The first-order valence-electron chi connectivity index (χ1n) is 9.16. The van der Waals surface area contributed by atoms with Gasteiger partial charge in [-0.25, -0.2) is 4.39 Å². The van der Waals surface area contributed by atoms with Gasteiger partial charge in [-0.1, -0.05) is 24.6 Å². The summed E-state index contributed by atoms with van der Waals surface area (Å²) in [4.78, 5) is 16.7. The largest absolute Gasteiger partial charge is 0.378 e. The van der Waals surface area contributed by atoms with Crippen molar-refractivity contribution in [2.45, 2.75) is 37.9 Å². The summed E-state index contributed by atoms with van der Waals surface area (Å²) in [7, 11) is 1.83. The Balaban J connectivity index is 1.48. The van der Waals surface area contributed by atoms with E-state index in [-0.39, 0.29) is 30.4 Å². The van der Waals surface area contributed by atoms with Crippen molar-refractivity contribution in [1.29, 1.82) is 0 Å². The quantitative estimate of drug-likeness (QED) is 0.848. The van der Waals surface area contributed by atoms with Gasteiger partial charge < -0.3 is 10.1 Å². The molecule has 25 heavy (non-hydrogen) atoms. The number of piperidine rings is 1. The second-order valence-electron chi connectivity index (χ2n) is 7.14. The van der Waals surface area contributed by atoms with Crippen molar-refractivity contribution in [2.24, 2.45) is 0 Å². The third kappa shape index (κ3) is 5.00. The second kappa shape index (κ2) is 8.74. The Morgan fingerprint density at radius 3 is 2.80 bits per heavy atom. The summed E-state index contributed by atoms with van der Waals surface area (Å²) in [5.74, 6) is -0.263. The van der Waals surface area contributed by atoms with Crippen molar-refractivity contribution < 1.29 is 13.9 Å². The minimum absolute atomic E-state index is 0.0312. The fourth-order valence-corrected chi connectivity index (χ4v) is 3.76. The molecule has 2 heterocycles. The first-order valence-corrected chi connectivity index (χ1v) is 9.16. The second-order valence-corrected chi connectivity index (χ2v) is 7.14. The molecule has 2 saturated heterocycles. The number of likely N-dealkylation sites (N-methyl/N-ethyl adjacent to an activating group) is 1. The molecule has 0 radical (unpaired) electrons. The molecule has 0 unspecified atom stereocenters. The molecule has 0 aromatic heterocycles. The minimum Gasteiger partial charge on any atom is -0.378 e. The topological polar surface area (TPSA) is 44.8 Å². The number of benzene rings is 1. The maximum atomic E-state index is 13.7. The van der Waals surface area contributed by atoms with E-state index in [1.807, 2.05) is 18.0 Å². The zero-order chi connectivity index (χ0) is 17.6. The van der Waals surface area contributed by atoms with Gasteiger partial charge in [-0.2, -0.15) is 0 Å². The van der Waals surface area contributed by atoms with E-state index < -0.39 is 0 Å². The van der Waals surface area contributed by atoms with Crippen LogP contribution in [0.1, 0.15) is 24.8 Å². The lowest BCUT2D eigenvalue weighted by atomic mass is 10.0. The minimum atomic E-state index is -0.232. The molecule has 6 heteroatoms. The number of ether oxygens (including phenoxy) is 1. The van der Waals surface area contributed by atoms with Crippen LogP contribution in [0.5, 0.6) is 0 Å². The molecule has 1 N–H and O–H groups in total. The van der Waals surface area contributed by atoms with E-state index in [9.17, 15) is 9.18 Å². The summed E-state index contributed by atoms with van der Waals surface area (Å²) in [6.45, 7) is 4.11. The summed E-state index contributed by atoms with van der Waals surface area (Å²) in [6, 6.07) is 7.01. The van der Waals surface area contributed by atoms with Crippen molar-refractivity contribution >= 4 is 5.91 Å². The van der Waals surface area contributed by atoms with Crippen LogP contribution >= 0.6 is 0 Å². The standard InChI is InChI=1S/C19H28FN3O2/c1-22(11-15-7-3-4-8-16(15)20)12-19(24)21-17-13-25-14-18(17)23-9-5-2-6-10-23/h3-4,7-8,17-18H,2,5-6,9-14H2,1H3,(H,21,24)/t17-,18-/m0/s1. The van der Waals surface area contributed by atoms with Crippen LogP contribution < -0.4 is 5.32 Å². The van der Waals surface area contributed by atoms with Crippen LogP contribution in [0, 0.1) is 5.82 Å². The third-order valence-corrected chi connectivity index (χ3v) is 5.07. The highest BCUT2D eigenvalue weighted by Crippen LogP contribution is 2.19. The van der Waals surface area contributed by atoms with E-state index in [0.29, 0.717) is 25.3 Å². The number of carbonyl (C=O) groups excluding carboxylic acids is 1. The molecule has 0 saturated carbocycles. The van der Waals surface area contributed by atoms with Gasteiger partial charge in [0.05, 0.1) is 31.8 Å². The summed E-state index contributed by atoms with van der Waals surface area (Å²) in [6.07, 6.45) is 3.74. The maximum absolute atomic E-state index is 13.7. The van der Waals surface area contributed by atoms with Gasteiger partial charge in [-0.3, -0.25) is 14.6 Å².